The van der Waals surface area contributed by atoms with E-state index in [0.29, 0.717) is 5.92 Å². The highest BCUT2D eigenvalue weighted by Crippen LogP contribution is 2.33. The summed E-state index contributed by atoms with van der Waals surface area (Å²) in [6.45, 7) is 6.07. The molecule has 1 aliphatic rings. The van der Waals surface area contributed by atoms with Crippen molar-refractivity contribution in [2.75, 3.05) is 18.0 Å². The van der Waals surface area contributed by atoms with E-state index >= 15 is 0 Å². The fourth-order valence-electron chi connectivity index (χ4n) is 2.77. The number of nitrogens with one attached hydrogen (secondary N) is 1. The minimum Gasteiger partial charge on any atom is -0.348 e. The summed E-state index contributed by atoms with van der Waals surface area (Å²) in [5, 5.41) is 8.88. The number of nitrogens with zero attached hydrogens (tertiary/aromatic N) is 2. The summed E-state index contributed by atoms with van der Waals surface area (Å²) in [6.07, 6.45) is 4.14. The zero-order chi connectivity index (χ0) is 14.8. The molecular weight excluding hydrogens is 278 g/mol. The van der Waals surface area contributed by atoms with E-state index < -0.39 is 0 Å². The van der Waals surface area contributed by atoms with Gasteiger partial charge in [-0.3, -0.25) is 0 Å². The molecule has 0 aliphatic carbocycles. The maximum atomic E-state index is 7.76. The number of aromatic nitrogens is 1. The van der Waals surface area contributed by atoms with Crippen LogP contribution in [0.3, 0.4) is 0 Å². The molecule has 0 saturated carbocycles. The van der Waals surface area contributed by atoms with Gasteiger partial charge in [0.05, 0.1) is 4.88 Å². The van der Waals surface area contributed by atoms with E-state index in [-0.39, 0.29) is 0 Å². The number of anilines is 1. The third-order valence-electron chi connectivity index (χ3n) is 4.21. The summed E-state index contributed by atoms with van der Waals surface area (Å²) in [6, 6.07) is 8.62. The second-order valence-electron chi connectivity index (χ2n) is 5.82. The second kappa shape index (κ2) is 5.98. The smallest absolute Gasteiger partial charge is 0.185 e. The lowest BCUT2D eigenvalue weighted by molar-refractivity contribution is 0.499. The molecule has 0 amide bonds. The molecular formula is C17H21N3S. The Kier molecular flexibility index (Phi) is 4.06. The topological polar surface area (TPSA) is 40.0 Å². The first-order valence-electron chi connectivity index (χ1n) is 7.46. The maximum Gasteiger partial charge on any atom is 0.185 e. The first kappa shape index (κ1) is 14.3. The first-order valence-corrected chi connectivity index (χ1v) is 8.28. The van der Waals surface area contributed by atoms with Gasteiger partial charge in [-0.2, -0.15) is 0 Å². The van der Waals surface area contributed by atoms with Crippen molar-refractivity contribution in [3.8, 4) is 10.4 Å². The van der Waals surface area contributed by atoms with Crippen molar-refractivity contribution < 1.29 is 0 Å². The molecule has 110 valence electrons. The lowest BCUT2D eigenvalue weighted by Crippen LogP contribution is -2.35. The molecule has 3 nitrogen and oxygen atoms in total. The summed E-state index contributed by atoms with van der Waals surface area (Å²) in [5.41, 5.74) is 3.36. The van der Waals surface area contributed by atoms with Crippen LogP contribution in [0.1, 0.15) is 25.3 Å². The number of hydrogen-bond donors (Lipinski definition) is 1. The van der Waals surface area contributed by atoms with E-state index in [1.807, 2.05) is 13.1 Å². The molecule has 1 fully saturated rings. The molecule has 1 aliphatic heterocycles. The van der Waals surface area contributed by atoms with Crippen molar-refractivity contribution in [2.24, 2.45) is 5.92 Å². The van der Waals surface area contributed by atoms with Gasteiger partial charge in [0.2, 0.25) is 0 Å². The van der Waals surface area contributed by atoms with Crippen molar-refractivity contribution in [3.63, 3.8) is 0 Å². The Morgan fingerprint density at radius 2 is 1.90 bits per heavy atom. The molecule has 4 heteroatoms. The summed E-state index contributed by atoms with van der Waals surface area (Å²) in [7, 11) is 0. The number of thiazole rings is 1. The molecule has 0 unspecified atom stereocenters. The Labute approximate surface area is 130 Å². The predicted octanol–water partition coefficient (Wildman–Crippen LogP) is 4.37. The van der Waals surface area contributed by atoms with Crippen LogP contribution in [0.15, 0.2) is 30.5 Å². The third-order valence-corrected chi connectivity index (χ3v) is 5.31. The van der Waals surface area contributed by atoms with Gasteiger partial charge < -0.3 is 10.3 Å². The van der Waals surface area contributed by atoms with Crippen molar-refractivity contribution in [3.05, 3.63) is 36.0 Å². The monoisotopic (exact) mass is 299 g/mol. The number of aryl methyl sites for hydroxylation is 1. The van der Waals surface area contributed by atoms with Crippen molar-refractivity contribution in [1.82, 2.24) is 4.98 Å². The summed E-state index contributed by atoms with van der Waals surface area (Å²) < 4.78 is 0. The summed E-state index contributed by atoms with van der Waals surface area (Å²) in [4.78, 5) is 8.19. The van der Waals surface area contributed by atoms with E-state index in [9.17, 15) is 0 Å². The minimum atomic E-state index is 0.470. The van der Waals surface area contributed by atoms with Crippen LogP contribution < -0.4 is 4.90 Å². The summed E-state index contributed by atoms with van der Waals surface area (Å²) in [5.74, 6) is 0.470. The van der Waals surface area contributed by atoms with Crippen molar-refractivity contribution in [1.29, 1.82) is 5.41 Å². The molecule has 3 rings (SSSR count). The van der Waals surface area contributed by atoms with Crippen LogP contribution in [0.4, 0.5) is 5.13 Å². The molecule has 2 heterocycles. The van der Waals surface area contributed by atoms with E-state index in [1.165, 1.54) is 16.0 Å². The lowest BCUT2D eigenvalue weighted by atomic mass is 9.93. The van der Waals surface area contributed by atoms with Crippen LogP contribution in [0.25, 0.3) is 10.4 Å². The van der Waals surface area contributed by atoms with Crippen LogP contribution in [-0.4, -0.2) is 23.8 Å². The molecule has 1 saturated heterocycles. The average Bonchev–Trinajstić information content (AvgIpc) is 2.98. The lowest BCUT2D eigenvalue weighted by Gasteiger charge is -2.31. The molecule has 0 radical (unpaired) electrons. The molecule has 1 aromatic carbocycles. The van der Waals surface area contributed by atoms with Crippen LogP contribution in [-0.2, 0) is 0 Å². The van der Waals surface area contributed by atoms with E-state index in [0.717, 1.165) is 36.8 Å². The van der Waals surface area contributed by atoms with Crippen molar-refractivity contribution in [2.45, 2.75) is 26.7 Å². The molecule has 2 aromatic rings. The van der Waals surface area contributed by atoms with Crippen LogP contribution in [0.5, 0.6) is 0 Å². The Morgan fingerprint density at radius 3 is 2.52 bits per heavy atom. The minimum absolute atomic E-state index is 0.470. The molecule has 1 aromatic heterocycles. The summed E-state index contributed by atoms with van der Waals surface area (Å²) >= 11 is 1.77. The Bertz CT molecular complexity index is 622. The highest BCUT2D eigenvalue weighted by atomic mass is 32.1. The van der Waals surface area contributed by atoms with Gasteiger partial charge in [0.15, 0.2) is 5.13 Å². The average molecular weight is 299 g/mol. The molecule has 0 atom stereocenters. The maximum absolute atomic E-state index is 7.76. The molecule has 1 N–H and O–H groups in total. The fourth-order valence-corrected chi connectivity index (χ4v) is 3.74. The quantitative estimate of drug-likeness (QED) is 0.855. The highest BCUT2D eigenvalue weighted by Gasteiger charge is 2.22. The SMILES string of the molecule is CC(=N)C1CCN(c2ncc(-c3ccc(C)cc3)s2)CC1. The largest absolute Gasteiger partial charge is 0.348 e. The van der Waals surface area contributed by atoms with Crippen LogP contribution in [0, 0.1) is 18.3 Å². The van der Waals surface area contributed by atoms with Gasteiger partial charge in [-0.05, 0) is 38.2 Å². The van der Waals surface area contributed by atoms with Gasteiger partial charge in [-0.15, -0.1) is 0 Å². The number of rotatable bonds is 3. The number of benzene rings is 1. The zero-order valence-corrected chi connectivity index (χ0v) is 13.4. The molecule has 0 bridgehead atoms. The second-order valence-corrected chi connectivity index (χ2v) is 6.83. The first-order chi connectivity index (χ1) is 10.1. The number of hydrogen-bond acceptors (Lipinski definition) is 4. The Balaban J connectivity index is 1.71. The van der Waals surface area contributed by atoms with Crippen molar-refractivity contribution >= 4 is 22.2 Å². The Morgan fingerprint density at radius 1 is 1.24 bits per heavy atom. The predicted molar refractivity (Wildman–Crippen MR) is 90.6 cm³/mol. The van der Waals surface area contributed by atoms with Gasteiger partial charge in [0.25, 0.3) is 0 Å². The third kappa shape index (κ3) is 3.16. The standard InChI is InChI=1S/C17H21N3S/c1-12-3-5-15(6-4-12)16-11-19-17(21-16)20-9-7-14(8-10-20)13(2)18/h3-6,11,14,18H,7-10H2,1-2H3. The van der Waals surface area contributed by atoms with E-state index in [1.54, 1.807) is 11.3 Å². The molecule has 0 spiro atoms. The molecule has 21 heavy (non-hydrogen) atoms. The van der Waals surface area contributed by atoms with E-state index in [4.69, 9.17) is 5.41 Å². The van der Waals surface area contributed by atoms with E-state index in [2.05, 4.69) is 41.1 Å². The normalized spacial score (nSPS) is 16.2. The number of piperidine rings is 1. The van der Waals surface area contributed by atoms with Crippen LogP contribution in [0.2, 0.25) is 0 Å². The van der Waals surface area contributed by atoms with Gasteiger partial charge in [-0.25, -0.2) is 4.98 Å². The van der Waals surface area contributed by atoms with Gasteiger partial charge in [0, 0.05) is 25.0 Å². The fraction of sp³-hybridized carbons (Fsp3) is 0.412. The van der Waals surface area contributed by atoms with Gasteiger partial charge in [-0.1, -0.05) is 41.2 Å². The zero-order valence-electron chi connectivity index (χ0n) is 12.6. The van der Waals surface area contributed by atoms with Gasteiger partial charge in [0.1, 0.15) is 0 Å². The highest BCUT2D eigenvalue weighted by molar-refractivity contribution is 7.18. The van der Waals surface area contributed by atoms with Crippen LogP contribution >= 0.6 is 11.3 Å². The van der Waals surface area contributed by atoms with Gasteiger partial charge >= 0.3 is 0 Å². The Hall–Kier alpha value is -1.68.